The van der Waals surface area contributed by atoms with Crippen molar-refractivity contribution in [3.05, 3.63) is 0 Å². The van der Waals surface area contributed by atoms with Crippen LogP contribution in [0.25, 0.3) is 0 Å². The van der Waals surface area contributed by atoms with Gasteiger partial charge in [-0.2, -0.15) is 0 Å². The highest BCUT2D eigenvalue weighted by molar-refractivity contribution is 5.99. The first-order valence-corrected chi connectivity index (χ1v) is 3.55. The molecule has 0 amide bonds. The Kier molecular flexibility index (Phi) is 2.24. The van der Waals surface area contributed by atoms with Crippen LogP contribution in [0.2, 0.25) is 0 Å². The van der Waals surface area contributed by atoms with E-state index in [0.29, 0.717) is 19.5 Å². The molecule has 0 bridgehead atoms. The molecule has 0 aromatic heterocycles. The number of ketones is 1. The Morgan fingerprint density at radius 3 is 2.82 bits per heavy atom. The molecule has 0 aromatic carbocycles. The van der Waals surface area contributed by atoms with E-state index in [1.165, 1.54) is 0 Å². The second-order valence-electron chi connectivity index (χ2n) is 2.87. The lowest BCUT2D eigenvalue weighted by Crippen LogP contribution is -2.42. The standard InChI is InChI=1S/C7H11NO3/c1-8-3-2-6(9)5(4-8)7(10)11/h5H,2-4H2,1H3,(H,10,11). The number of piperidine rings is 1. The van der Waals surface area contributed by atoms with Gasteiger partial charge in [0.05, 0.1) is 0 Å². The zero-order valence-corrected chi connectivity index (χ0v) is 6.41. The van der Waals surface area contributed by atoms with Crippen LogP contribution >= 0.6 is 0 Å². The third-order valence-corrected chi connectivity index (χ3v) is 1.92. The van der Waals surface area contributed by atoms with Gasteiger partial charge in [-0.1, -0.05) is 0 Å². The van der Waals surface area contributed by atoms with Crippen LogP contribution in [0.15, 0.2) is 0 Å². The topological polar surface area (TPSA) is 57.6 Å². The predicted octanol–water partition coefficient (Wildman–Crippen LogP) is -0.408. The van der Waals surface area contributed by atoms with Gasteiger partial charge < -0.3 is 10.0 Å². The highest BCUT2D eigenvalue weighted by Gasteiger charge is 2.30. The van der Waals surface area contributed by atoms with Crippen molar-refractivity contribution in [1.82, 2.24) is 4.90 Å². The number of nitrogens with zero attached hydrogens (tertiary/aromatic N) is 1. The van der Waals surface area contributed by atoms with Crippen molar-refractivity contribution in [2.45, 2.75) is 6.42 Å². The first-order chi connectivity index (χ1) is 5.11. The SMILES string of the molecule is CN1CCC(=O)C(C(=O)O)C1. The van der Waals surface area contributed by atoms with Gasteiger partial charge in [0.1, 0.15) is 11.7 Å². The molecule has 0 radical (unpaired) electrons. The molecule has 1 atom stereocenters. The number of carbonyl (C=O) groups is 2. The number of hydrogen-bond acceptors (Lipinski definition) is 3. The Balaban J connectivity index is 2.61. The van der Waals surface area contributed by atoms with Crippen LogP contribution in [0.1, 0.15) is 6.42 Å². The third kappa shape index (κ3) is 1.77. The van der Waals surface area contributed by atoms with E-state index in [1.54, 1.807) is 0 Å². The molecule has 1 rings (SSSR count). The van der Waals surface area contributed by atoms with E-state index >= 15 is 0 Å². The number of carbonyl (C=O) groups excluding carboxylic acids is 1. The van der Waals surface area contributed by atoms with Crippen LogP contribution in [0.5, 0.6) is 0 Å². The molecule has 4 heteroatoms. The second kappa shape index (κ2) is 3.00. The minimum Gasteiger partial charge on any atom is -0.481 e. The molecule has 1 heterocycles. The molecule has 1 saturated heterocycles. The highest BCUT2D eigenvalue weighted by Crippen LogP contribution is 2.10. The fraction of sp³-hybridized carbons (Fsp3) is 0.714. The number of carboxylic acid groups (broad SMARTS) is 1. The lowest BCUT2D eigenvalue weighted by atomic mass is 9.97. The zero-order chi connectivity index (χ0) is 8.43. The summed E-state index contributed by atoms with van der Waals surface area (Å²) in [5, 5.41) is 8.58. The summed E-state index contributed by atoms with van der Waals surface area (Å²) in [4.78, 5) is 23.3. The van der Waals surface area contributed by atoms with Crippen molar-refractivity contribution in [1.29, 1.82) is 0 Å². The van der Waals surface area contributed by atoms with Crippen molar-refractivity contribution >= 4 is 11.8 Å². The Hall–Kier alpha value is -0.900. The molecule has 0 spiro atoms. The maximum Gasteiger partial charge on any atom is 0.315 e. The lowest BCUT2D eigenvalue weighted by molar-refractivity contribution is -0.148. The van der Waals surface area contributed by atoms with E-state index in [-0.39, 0.29) is 5.78 Å². The van der Waals surface area contributed by atoms with Gasteiger partial charge in [-0.05, 0) is 7.05 Å². The molecular formula is C7H11NO3. The van der Waals surface area contributed by atoms with Gasteiger partial charge in [0.2, 0.25) is 0 Å². The Morgan fingerprint density at radius 2 is 2.36 bits per heavy atom. The van der Waals surface area contributed by atoms with Gasteiger partial charge in [0.25, 0.3) is 0 Å². The van der Waals surface area contributed by atoms with E-state index in [1.807, 2.05) is 11.9 Å². The fourth-order valence-electron chi connectivity index (χ4n) is 1.20. The van der Waals surface area contributed by atoms with Gasteiger partial charge in [0.15, 0.2) is 0 Å². The summed E-state index contributed by atoms with van der Waals surface area (Å²) in [6, 6.07) is 0. The Bertz CT molecular complexity index is 190. The van der Waals surface area contributed by atoms with Crippen LogP contribution in [-0.4, -0.2) is 41.9 Å². The highest BCUT2D eigenvalue weighted by atomic mass is 16.4. The monoisotopic (exact) mass is 157 g/mol. The summed E-state index contributed by atoms with van der Waals surface area (Å²) in [5.41, 5.74) is 0. The number of aliphatic carboxylic acids is 1. The van der Waals surface area contributed by atoms with Crippen molar-refractivity contribution in [2.75, 3.05) is 20.1 Å². The summed E-state index contributed by atoms with van der Waals surface area (Å²) in [5.74, 6) is -1.94. The van der Waals surface area contributed by atoms with Crippen LogP contribution in [0.4, 0.5) is 0 Å². The van der Waals surface area contributed by atoms with Gasteiger partial charge in [-0.25, -0.2) is 0 Å². The van der Waals surface area contributed by atoms with Crippen molar-refractivity contribution in [2.24, 2.45) is 5.92 Å². The molecule has 1 N–H and O–H groups in total. The van der Waals surface area contributed by atoms with E-state index in [9.17, 15) is 9.59 Å². The smallest absolute Gasteiger partial charge is 0.315 e. The maximum absolute atomic E-state index is 11.0. The summed E-state index contributed by atoms with van der Waals surface area (Å²) in [6.45, 7) is 1.04. The molecule has 0 aliphatic carbocycles. The minimum absolute atomic E-state index is 0.143. The normalized spacial score (nSPS) is 27.0. The largest absolute Gasteiger partial charge is 0.481 e. The van der Waals surface area contributed by atoms with Crippen LogP contribution in [0.3, 0.4) is 0 Å². The number of hydrogen-bond donors (Lipinski definition) is 1. The molecule has 1 fully saturated rings. The third-order valence-electron chi connectivity index (χ3n) is 1.92. The summed E-state index contributed by atoms with van der Waals surface area (Å²) in [6.07, 6.45) is 0.369. The molecule has 0 saturated carbocycles. The maximum atomic E-state index is 11.0. The summed E-state index contributed by atoms with van der Waals surface area (Å²) in [7, 11) is 1.82. The summed E-state index contributed by atoms with van der Waals surface area (Å²) >= 11 is 0. The zero-order valence-electron chi connectivity index (χ0n) is 6.41. The quantitative estimate of drug-likeness (QED) is 0.526. The average molecular weight is 157 g/mol. The van der Waals surface area contributed by atoms with E-state index in [4.69, 9.17) is 5.11 Å². The molecule has 1 unspecified atom stereocenters. The number of likely N-dealkylation sites (tertiary alicyclic amines) is 1. The first kappa shape index (κ1) is 8.20. The first-order valence-electron chi connectivity index (χ1n) is 3.55. The molecule has 62 valence electrons. The molecular weight excluding hydrogens is 146 g/mol. The van der Waals surface area contributed by atoms with Crippen LogP contribution in [0, 0.1) is 5.92 Å². The Labute approximate surface area is 64.8 Å². The van der Waals surface area contributed by atoms with Gasteiger partial charge in [-0.15, -0.1) is 0 Å². The molecule has 1 aliphatic rings. The summed E-state index contributed by atoms with van der Waals surface area (Å²) < 4.78 is 0. The average Bonchev–Trinajstić information content (AvgIpc) is 1.94. The molecule has 11 heavy (non-hydrogen) atoms. The van der Waals surface area contributed by atoms with Crippen molar-refractivity contribution in [3.8, 4) is 0 Å². The van der Waals surface area contributed by atoms with Gasteiger partial charge in [-0.3, -0.25) is 9.59 Å². The minimum atomic E-state index is -0.999. The lowest BCUT2D eigenvalue weighted by Gasteiger charge is -2.25. The second-order valence-corrected chi connectivity index (χ2v) is 2.87. The predicted molar refractivity (Wildman–Crippen MR) is 38.2 cm³/mol. The van der Waals surface area contributed by atoms with E-state index in [0.717, 1.165) is 0 Å². The Morgan fingerprint density at radius 1 is 1.73 bits per heavy atom. The number of rotatable bonds is 1. The van der Waals surface area contributed by atoms with Gasteiger partial charge in [0, 0.05) is 19.5 Å². The number of carboxylic acids is 1. The molecule has 0 aromatic rings. The van der Waals surface area contributed by atoms with Crippen molar-refractivity contribution in [3.63, 3.8) is 0 Å². The molecule has 1 aliphatic heterocycles. The van der Waals surface area contributed by atoms with E-state index in [2.05, 4.69) is 0 Å². The van der Waals surface area contributed by atoms with Gasteiger partial charge >= 0.3 is 5.97 Å². The number of Topliss-reactive ketones (excluding diaryl/α,β-unsaturated/α-hetero) is 1. The van der Waals surface area contributed by atoms with Crippen molar-refractivity contribution < 1.29 is 14.7 Å². The van der Waals surface area contributed by atoms with Crippen LogP contribution < -0.4 is 0 Å². The molecule has 4 nitrogen and oxygen atoms in total. The van der Waals surface area contributed by atoms with Crippen LogP contribution in [-0.2, 0) is 9.59 Å². The van der Waals surface area contributed by atoms with E-state index < -0.39 is 11.9 Å². The fourth-order valence-corrected chi connectivity index (χ4v) is 1.20.